The fraction of sp³-hybridized carbons (Fsp3) is 0.115. The number of aromatic nitrogens is 2. The second kappa shape index (κ2) is 11.9. The lowest BCUT2D eigenvalue weighted by Crippen LogP contribution is -2.15. The zero-order chi connectivity index (χ0) is 37.8. The number of benzene rings is 7. The molecular weight excluding hydrogens is 685 g/mol. The van der Waals surface area contributed by atoms with Crippen LogP contribution < -0.4 is 9.47 Å². The summed E-state index contributed by atoms with van der Waals surface area (Å²) >= 11 is 0. The molecule has 268 valence electrons. The van der Waals surface area contributed by atoms with E-state index >= 15 is 0 Å². The Bertz CT molecular complexity index is 2920. The average molecular weight is 723 g/mol. The van der Waals surface area contributed by atoms with Gasteiger partial charge >= 0.3 is 0 Å². The van der Waals surface area contributed by atoms with Gasteiger partial charge in [-0.05, 0) is 74.8 Å². The molecule has 56 heavy (non-hydrogen) atoms. The van der Waals surface area contributed by atoms with Gasteiger partial charge < -0.3 is 9.47 Å². The Balaban J connectivity index is 1.00. The summed E-state index contributed by atoms with van der Waals surface area (Å²) in [5, 5.41) is 0. The van der Waals surface area contributed by atoms with E-state index in [4.69, 9.17) is 19.4 Å². The van der Waals surface area contributed by atoms with Crippen molar-refractivity contribution in [2.75, 3.05) is 0 Å². The number of para-hydroxylation sites is 1. The summed E-state index contributed by atoms with van der Waals surface area (Å²) in [5.41, 5.74) is 16.6. The van der Waals surface area contributed by atoms with Gasteiger partial charge in [0.1, 0.15) is 0 Å². The van der Waals surface area contributed by atoms with Crippen LogP contribution in [-0.2, 0) is 10.8 Å². The molecule has 0 unspecified atom stereocenters. The third-order valence-corrected chi connectivity index (χ3v) is 12.2. The topological polar surface area (TPSA) is 44.2 Å². The summed E-state index contributed by atoms with van der Waals surface area (Å²) < 4.78 is 13.6. The van der Waals surface area contributed by atoms with E-state index in [0.717, 1.165) is 56.3 Å². The second-order valence-corrected chi connectivity index (χ2v) is 16.2. The van der Waals surface area contributed by atoms with Crippen molar-refractivity contribution in [3.63, 3.8) is 0 Å². The predicted molar refractivity (Wildman–Crippen MR) is 225 cm³/mol. The normalized spacial score (nSPS) is 14.6. The van der Waals surface area contributed by atoms with Crippen LogP contribution >= 0.6 is 0 Å². The predicted octanol–water partition coefficient (Wildman–Crippen LogP) is 13.7. The maximum absolute atomic E-state index is 6.79. The molecule has 0 saturated carbocycles. The molecule has 0 atom stereocenters. The van der Waals surface area contributed by atoms with Crippen molar-refractivity contribution < 1.29 is 9.47 Å². The minimum atomic E-state index is -0.129. The third-order valence-electron chi connectivity index (χ3n) is 12.2. The number of nitrogens with zero attached hydrogens (tertiary/aromatic N) is 2. The highest BCUT2D eigenvalue weighted by Gasteiger charge is 2.40. The Morgan fingerprint density at radius 2 is 0.964 bits per heavy atom. The summed E-state index contributed by atoms with van der Waals surface area (Å²) in [7, 11) is 0. The van der Waals surface area contributed by atoms with Crippen LogP contribution in [0.1, 0.15) is 49.9 Å². The SMILES string of the molecule is CC1(C)c2ccccc2-c2ccc(-c3cc(-c4ccccc4)nc(-c4cccc(-c5cccc6c5Oc5ccc7c(c5O6)-c5ccccc5C7(C)C)c4)n3)cc21. The highest BCUT2D eigenvalue weighted by molar-refractivity contribution is 5.89. The summed E-state index contributed by atoms with van der Waals surface area (Å²) in [4.78, 5) is 10.5. The van der Waals surface area contributed by atoms with E-state index in [9.17, 15) is 0 Å². The molecule has 7 aromatic carbocycles. The molecule has 11 rings (SSSR count). The van der Waals surface area contributed by atoms with Gasteiger partial charge in [0.25, 0.3) is 0 Å². The van der Waals surface area contributed by atoms with Crippen molar-refractivity contribution in [3.8, 4) is 90.3 Å². The molecule has 2 aliphatic carbocycles. The Morgan fingerprint density at radius 1 is 0.375 bits per heavy atom. The first-order valence-corrected chi connectivity index (χ1v) is 19.3. The minimum absolute atomic E-state index is 0.114. The molecule has 8 aromatic rings. The van der Waals surface area contributed by atoms with Crippen molar-refractivity contribution in [2.45, 2.75) is 38.5 Å². The quantitative estimate of drug-likeness (QED) is 0.181. The summed E-state index contributed by atoms with van der Waals surface area (Å²) in [6, 6.07) is 55.4. The van der Waals surface area contributed by atoms with E-state index in [2.05, 4.69) is 167 Å². The van der Waals surface area contributed by atoms with Crippen LogP contribution in [-0.4, -0.2) is 9.97 Å². The molecule has 0 bridgehead atoms. The second-order valence-electron chi connectivity index (χ2n) is 16.2. The fourth-order valence-electron chi connectivity index (χ4n) is 9.24. The van der Waals surface area contributed by atoms with E-state index in [1.807, 2.05) is 18.2 Å². The average Bonchev–Trinajstić information content (AvgIpc) is 3.62. The third kappa shape index (κ3) is 4.78. The Morgan fingerprint density at radius 3 is 1.79 bits per heavy atom. The maximum Gasteiger partial charge on any atom is 0.178 e. The van der Waals surface area contributed by atoms with E-state index in [1.165, 1.54) is 38.9 Å². The first kappa shape index (κ1) is 32.6. The summed E-state index contributed by atoms with van der Waals surface area (Å²) in [6.07, 6.45) is 0. The molecule has 0 radical (unpaired) electrons. The molecule has 0 fully saturated rings. The molecule has 0 amide bonds. The van der Waals surface area contributed by atoms with Gasteiger partial charge in [0, 0.05) is 38.6 Å². The van der Waals surface area contributed by atoms with E-state index < -0.39 is 0 Å². The number of ether oxygens (including phenoxy) is 2. The van der Waals surface area contributed by atoms with Crippen LogP contribution in [0, 0.1) is 0 Å². The molecule has 0 spiro atoms. The van der Waals surface area contributed by atoms with Crippen molar-refractivity contribution in [2.24, 2.45) is 0 Å². The summed E-state index contributed by atoms with van der Waals surface area (Å²) in [5.74, 6) is 3.55. The van der Waals surface area contributed by atoms with Crippen LogP contribution in [0.15, 0.2) is 158 Å². The van der Waals surface area contributed by atoms with Crippen LogP contribution in [0.3, 0.4) is 0 Å². The summed E-state index contributed by atoms with van der Waals surface area (Å²) in [6.45, 7) is 9.19. The first-order valence-electron chi connectivity index (χ1n) is 19.3. The highest BCUT2D eigenvalue weighted by Crippen LogP contribution is 2.59. The van der Waals surface area contributed by atoms with Crippen LogP contribution in [0.25, 0.3) is 67.3 Å². The van der Waals surface area contributed by atoms with Crippen LogP contribution in [0.2, 0.25) is 0 Å². The van der Waals surface area contributed by atoms with Gasteiger partial charge in [-0.25, -0.2) is 9.97 Å². The number of hydrogen-bond acceptors (Lipinski definition) is 4. The van der Waals surface area contributed by atoms with E-state index in [-0.39, 0.29) is 10.8 Å². The van der Waals surface area contributed by atoms with Crippen molar-refractivity contribution in [1.29, 1.82) is 0 Å². The van der Waals surface area contributed by atoms with Gasteiger partial charge in [-0.1, -0.05) is 155 Å². The monoisotopic (exact) mass is 722 g/mol. The smallest absolute Gasteiger partial charge is 0.178 e. The van der Waals surface area contributed by atoms with Gasteiger partial charge in [-0.15, -0.1) is 0 Å². The number of rotatable bonds is 4. The lowest BCUT2D eigenvalue weighted by Gasteiger charge is -2.26. The molecule has 2 heterocycles. The largest absolute Gasteiger partial charge is 0.449 e. The highest BCUT2D eigenvalue weighted by atomic mass is 16.6. The molecule has 0 N–H and O–H groups in total. The maximum atomic E-state index is 6.79. The zero-order valence-corrected chi connectivity index (χ0v) is 31.7. The van der Waals surface area contributed by atoms with Gasteiger partial charge in [0.05, 0.1) is 11.4 Å². The first-order chi connectivity index (χ1) is 27.3. The van der Waals surface area contributed by atoms with Crippen molar-refractivity contribution in [3.05, 3.63) is 180 Å². The van der Waals surface area contributed by atoms with Crippen molar-refractivity contribution in [1.82, 2.24) is 9.97 Å². The number of fused-ring (bicyclic) bond motifs is 9. The van der Waals surface area contributed by atoms with Crippen LogP contribution in [0.4, 0.5) is 0 Å². The molecule has 4 nitrogen and oxygen atoms in total. The minimum Gasteiger partial charge on any atom is -0.449 e. The molecular formula is C52H38N2O2. The Hall–Kier alpha value is -6.78. The zero-order valence-electron chi connectivity index (χ0n) is 31.7. The molecule has 1 aliphatic heterocycles. The lowest BCUT2D eigenvalue weighted by atomic mass is 9.82. The van der Waals surface area contributed by atoms with Gasteiger partial charge in [0.2, 0.25) is 0 Å². The standard InChI is InChI=1S/C52H38N2O2/c1-51(2)40-22-11-9-19-38(40)47-41(51)26-27-46-49(47)56-45-23-13-20-35(48(45)55-46)32-16-12-17-34(28-32)50-53-43(31-14-6-5-7-15-31)30-44(54-50)33-24-25-37-36-18-8-10-21-39(36)52(3,4)42(37)29-33/h5-30H,1-4H3. The van der Waals surface area contributed by atoms with Crippen molar-refractivity contribution >= 4 is 0 Å². The fourth-order valence-corrected chi connectivity index (χ4v) is 9.24. The molecule has 0 saturated heterocycles. The molecule has 1 aromatic heterocycles. The lowest BCUT2D eigenvalue weighted by molar-refractivity contribution is 0.361. The van der Waals surface area contributed by atoms with Gasteiger partial charge in [0.15, 0.2) is 28.8 Å². The Labute approximate surface area is 327 Å². The Kier molecular flexibility index (Phi) is 6.91. The molecule has 3 aliphatic rings. The van der Waals surface area contributed by atoms with Gasteiger partial charge in [-0.3, -0.25) is 0 Å². The van der Waals surface area contributed by atoms with Crippen LogP contribution in [0.5, 0.6) is 23.0 Å². The molecule has 4 heteroatoms. The van der Waals surface area contributed by atoms with E-state index in [1.54, 1.807) is 0 Å². The number of hydrogen-bond donors (Lipinski definition) is 0. The van der Waals surface area contributed by atoms with E-state index in [0.29, 0.717) is 17.3 Å². The van der Waals surface area contributed by atoms with Gasteiger partial charge in [-0.2, -0.15) is 0 Å².